The number of morpholine rings is 1. The van der Waals surface area contributed by atoms with E-state index in [2.05, 4.69) is 4.90 Å². The summed E-state index contributed by atoms with van der Waals surface area (Å²) in [6.07, 6.45) is 0.209. The molecule has 5 rings (SSSR count). The highest BCUT2D eigenvalue weighted by Gasteiger charge is 2.38. The number of thiazole rings is 1. The van der Waals surface area contributed by atoms with Crippen molar-refractivity contribution in [3.8, 4) is 5.75 Å². The normalized spacial score (nSPS) is 19.0. The number of benzene rings is 2. The van der Waals surface area contributed by atoms with E-state index in [0.717, 1.165) is 41.3 Å². The molecule has 0 radical (unpaired) electrons. The average Bonchev–Trinajstić information content (AvgIpc) is 3.48. The van der Waals surface area contributed by atoms with Crippen molar-refractivity contribution in [2.24, 2.45) is 5.92 Å². The van der Waals surface area contributed by atoms with Crippen molar-refractivity contribution in [1.29, 1.82) is 0 Å². The number of ether oxygens (including phenoxy) is 2. The molecule has 2 amide bonds. The van der Waals surface area contributed by atoms with Crippen LogP contribution in [0.25, 0.3) is 10.2 Å². The van der Waals surface area contributed by atoms with Crippen LogP contribution in [0.4, 0.5) is 10.8 Å². The molecule has 178 valence electrons. The Hall–Kier alpha value is -3.01. The maximum atomic E-state index is 13.8. The number of anilines is 2. The Labute approximate surface area is 202 Å². The number of para-hydroxylation sites is 1. The van der Waals surface area contributed by atoms with Gasteiger partial charge in [0.1, 0.15) is 5.75 Å². The second-order valence-corrected chi connectivity index (χ2v) is 9.52. The van der Waals surface area contributed by atoms with E-state index < -0.39 is 5.92 Å². The van der Waals surface area contributed by atoms with Crippen LogP contribution in [0.3, 0.4) is 0 Å². The maximum absolute atomic E-state index is 13.8. The van der Waals surface area contributed by atoms with Crippen molar-refractivity contribution in [3.63, 3.8) is 0 Å². The molecule has 2 aliphatic rings. The zero-order chi connectivity index (χ0) is 23.5. The predicted octanol–water partition coefficient (Wildman–Crippen LogP) is 3.02. The summed E-state index contributed by atoms with van der Waals surface area (Å²) in [5.74, 6) is 0.257. The fraction of sp³-hybridized carbons (Fsp3) is 0.400. The highest BCUT2D eigenvalue weighted by molar-refractivity contribution is 7.22. The minimum absolute atomic E-state index is 0.0216. The van der Waals surface area contributed by atoms with Crippen LogP contribution in [0.5, 0.6) is 5.75 Å². The molecular weight excluding hydrogens is 452 g/mol. The zero-order valence-corrected chi connectivity index (χ0v) is 20.0. The van der Waals surface area contributed by atoms with Crippen molar-refractivity contribution in [2.75, 3.05) is 62.8 Å². The third-order valence-electron chi connectivity index (χ3n) is 6.37. The van der Waals surface area contributed by atoms with Crippen molar-refractivity contribution < 1.29 is 19.1 Å². The van der Waals surface area contributed by atoms with E-state index in [4.69, 9.17) is 14.5 Å². The van der Waals surface area contributed by atoms with E-state index in [0.29, 0.717) is 31.4 Å². The SMILES string of the molecule is COc1ccc2sc(N(CCN3CCOCC3)C(=O)C3CC(=O)N(c4ccccc4)C3)nc2c1. The summed E-state index contributed by atoms with van der Waals surface area (Å²) >= 11 is 1.49. The summed E-state index contributed by atoms with van der Waals surface area (Å²) in [6, 6.07) is 15.3. The molecule has 0 N–H and O–H groups in total. The topological polar surface area (TPSA) is 75.2 Å². The number of amides is 2. The summed E-state index contributed by atoms with van der Waals surface area (Å²) in [5, 5.41) is 0.659. The molecule has 2 saturated heterocycles. The molecule has 3 aromatic rings. The van der Waals surface area contributed by atoms with Gasteiger partial charge in [-0.05, 0) is 24.3 Å². The van der Waals surface area contributed by atoms with Crippen LogP contribution in [0.2, 0.25) is 0 Å². The molecule has 0 spiro atoms. The molecule has 1 unspecified atom stereocenters. The van der Waals surface area contributed by atoms with Crippen molar-refractivity contribution >= 4 is 44.2 Å². The van der Waals surface area contributed by atoms with Crippen LogP contribution in [0.15, 0.2) is 48.5 Å². The van der Waals surface area contributed by atoms with Crippen LogP contribution < -0.4 is 14.5 Å². The molecule has 34 heavy (non-hydrogen) atoms. The first kappa shape index (κ1) is 22.8. The van der Waals surface area contributed by atoms with Gasteiger partial charge in [-0.3, -0.25) is 19.4 Å². The van der Waals surface area contributed by atoms with Gasteiger partial charge >= 0.3 is 0 Å². The van der Waals surface area contributed by atoms with E-state index in [1.54, 1.807) is 16.9 Å². The van der Waals surface area contributed by atoms with E-state index in [9.17, 15) is 9.59 Å². The lowest BCUT2D eigenvalue weighted by molar-refractivity contribution is -0.124. The van der Waals surface area contributed by atoms with Gasteiger partial charge in [0, 0.05) is 50.9 Å². The zero-order valence-electron chi connectivity index (χ0n) is 19.2. The molecule has 2 aromatic carbocycles. The van der Waals surface area contributed by atoms with Crippen molar-refractivity contribution in [2.45, 2.75) is 6.42 Å². The van der Waals surface area contributed by atoms with Gasteiger partial charge in [0.2, 0.25) is 11.8 Å². The van der Waals surface area contributed by atoms with Crippen molar-refractivity contribution in [3.05, 3.63) is 48.5 Å². The number of rotatable bonds is 7. The van der Waals surface area contributed by atoms with Gasteiger partial charge in [0.25, 0.3) is 0 Å². The standard InChI is InChI=1S/C25H28N4O4S/c1-32-20-7-8-22-21(16-20)26-25(34-22)28(10-9-27-11-13-33-14-12-27)24(31)18-15-23(30)29(17-18)19-5-3-2-4-6-19/h2-8,16,18H,9-15,17H2,1H3. The minimum atomic E-state index is -0.404. The number of fused-ring (bicyclic) bond motifs is 1. The summed E-state index contributed by atoms with van der Waals surface area (Å²) < 4.78 is 11.8. The summed E-state index contributed by atoms with van der Waals surface area (Å²) in [5.41, 5.74) is 1.63. The third kappa shape index (κ3) is 4.77. The molecule has 2 fully saturated rings. The Morgan fingerprint density at radius 2 is 2.00 bits per heavy atom. The number of carbonyl (C=O) groups excluding carboxylic acids is 2. The van der Waals surface area contributed by atoms with Crippen LogP contribution in [-0.4, -0.2) is 74.7 Å². The second kappa shape index (κ2) is 10.1. The molecule has 1 aromatic heterocycles. The second-order valence-electron chi connectivity index (χ2n) is 8.51. The minimum Gasteiger partial charge on any atom is -0.497 e. The van der Waals surface area contributed by atoms with Crippen LogP contribution in [0.1, 0.15) is 6.42 Å². The monoisotopic (exact) mass is 480 g/mol. The Balaban J connectivity index is 1.39. The number of hydrogen-bond donors (Lipinski definition) is 0. The van der Waals surface area contributed by atoms with E-state index >= 15 is 0 Å². The number of hydrogen-bond acceptors (Lipinski definition) is 7. The lowest BCUT2D eigenvalue weighted by Crippen LogP contribution is -2.45. The highest BCUT2D eigenvalue weighted by atomic mass is 32.1. The molecule has 1 atom stereocenters. The maximum Gasteiger partial charge on any atom is 0.234 e. The van der Waals surface area contributed by atoms with Crippen molar-refractivity contribution in [1.82, 2.24) is 9.88 Å². The molecule has 3 heterocycles. The van der Waals surface area contributed by atoms with E-state index in [-0.39, 0.29) is 18.2 Å². The summed E-state index contributed by atoms with van der Waals surface area (Å²) in [6.45, 7) is 4.75. The fourth-order valence-corrected chi connectivity index (χ4v) is 5.43. The molecule has 8 nitrogen and oxygen atoms in total. The van der Waals surface area contributed by atoms with Gasteiger partial charge < -0.3 is 14.4 Å². The Bertz CT molecular complexity index is 1160. The Morgan fingerprint density at radius 1 is 1.21 bits per heavy atom. The fourth-order valence-electron chi connectivity index (χ4n) is 4.45. The third-order valence-corrected chi connectivity index (χ3v) is 7.43. The van der Waals surface area contributed by atoms with Gasteiger partial charge in [-0.25, -0.2) is 4.98 Å². The van der Waals surface area contributed by atoms with Gasteiger partial charge in [0.05, 0.1) is 36.5 Å². The van der Waals surface area contributed by atoms with Crippen LogP contribution >= 0.6 is 11.3 Å². The van der Waals surface area contributed by atoms with Gasteiger partial charge in [-0.15, -0.1) is 0 Å². The summed E-state index contributed by atoms with van der Waals surface area (Å²) in [7, 11) is 1.63. The van der Waals surface area contributed by atoms with Crippen LogP contribution in [-0.2, 0) is 14.3 Å². The predicted molar refractivity (Wildman–Crippen MR) is 133 cm³/mol. The highest BCUT2D eigenvalue weighted by Crippen LogP contribution is 2.33. The average molecular weight is 481 g/mol. The largest absolute Gasteiger partial charge is 0.497 e. The van der Waals surface area contributed by atoms with Gasteiger partial charge in [-0.2, -0.15) is 0 Å². The molecule has 2 aliphatic heterocycles. The Kier molecular flexibility index (Phi) is 6.75. The lowest BCUT2D eigenvalue weighted by atomic mass is 10.1. The first-order valence-electron chi connectivity index (χ1n) is 11.5. The van der Waals surface area contributed by atoms with Gasteiger partial charge in [-0.1, -0.05) is 29.5 Å². The smallest absolute Gasteiger partial charge is 0.234 e. The first-order chi connectivity index (χ1) is 16.6. The van der Waals surface area contributed by atoms with Crippen LogP contribution in [0, 0.1) is 5.92 Å². The Morgan fingerprint density at radius 3 is 2.76 bits per heavy atom. The molecule has 0 bridgehead atoms. The van der Waals surface area contributed by atoms with E-state index in [1.807, 2.05) is 48.5 Å². The number of carbonyl (C=O) groups is 2. The molecule has 0 aliphatic carbocycles. The van der Waals surface area contributed by atoms with Gasteiger partial charge in [0.15, 0.2) is 5.13 Å². The summed E-state index contributed by atoms with van der Waals surface area (Å²) in [4.78, 5) is 37.1. The number of methoxy groups -OCH3 is 1. The quantitative estimate of drug-likeness (QED) is 0.518. The molecule has 9 heteroatoms. The molecular formula is C25H28N4O4S. The first-order valence-corrected chi connectivity index (χ1v) is 12.4. The van der Waals surface area contributed by atoms with E-state index in [1.165, 1.54) is 11.3 Å². The number of nitrogens with zero attached hydrogens (tertiary/aromatic N) is 4. The lowest BCUT2D eigenvalue weighted by Gasteiger charge is -2.30. The number of aromatic nitrogens is 1. The molecule has 0 saturated carbocycles.